The second-order valence-electron chi connectivity index (χ2n) is 6.97. The summed E-state index contributed by atoms with van der Waals surface area (Å²) in [6.45, 7) is 2.80. The number of hydrogen-bond acceptors (Lipinski definition) is 6. The maximum atomic E-state index is 12.5. The molecule has 0 bridgehead atoms. The number of pyridine rings is 1. The summed E-state index contributed by atoms with van der Waals surface area (Å²) >= 11 is 0. The second kappa shape index (κ2) is 6.31. The fourth-order valence-corrected chi connectivity index (χ4v) is 3.90. The van der Waals surface area contributed by atoms with Gasteiger partial charge in [0.25, 0.3) is 0 Å². The molecule has 1 saturated heterocycles. The molecule has 1 N–H and O–H groups in total. The van der Waals surface area contributed by atoms with Gasteiger partial charge in [0.05, 0.1) is 24.4 Å². The van der Waals surface area contributed by atoms with E-state index in [1.165, 1.54) is 0 Å². The van der Waals surface area contributed by atoms with E-state index in [0.29, 0.717) is 23.9 Å². The van der Waals surface area contributed by atoms with Crippen molar-refractivity contribution in [2.75, 3.05) is 24.5 Å². The van der Waals surface area contributed by atoms with Gasteiger partial charge in [-0.15, -0.1) is 0 Å². The molecule has 3 aliphatic heterocycles. The molecule has 0 aliphatic carbocycles. The van der Waals surface area contributed by atoms with Crippen molar-refractivity contribution in [3.05, 3.63) is 28.8 Å². The number of fused-ring (bicyclic) bond motifs is 3. The van der Waals surface area contributed by atoms with Crippen molar-refractivity contribution < 1.29 is 18.3 Å². The first kappa shape index (κ1) is 17.4. The standard InChI is InChI=1S/C17H20F3N5O/c1-10(26)16-23-13-8-22-15-12(2-5-21-15)14(13)25(16)11-3-6-24(9-11)7-4-17(18,19)20/h2,5,8,10-11,16,26H,3-4,6-7,9H2,1H3/t10?,11-,16?/m0/s1. The molecule has 2 unspecified atom stereocenters. The van der Waals surface area contributed by atoms with Gasteiger partial charge in [0.2, 0.25) is 0 Å². The summed E-state index contributed by atoms with van der Waals surface area (Å²) in [7, 11) is 0. The molecule has 140 valence electrons. The Morgan fingerprint density at radius 2 is 2.19 bits per heavy atom. The molecule has 0 spiro atoms. The Balaban J connectivity index is 1.60. The van der Waals surface area contributed by atoms with E-state index in [1.54, 1.807) is 19.3 Å². The van der Waals surface area contributed by atoms with Crippen LogP contribution in [0.4, 0.5) is 18.9 Å². The zero-order chi connectivity index (χ0) is 18.5. The summed E-state index contributed by atoms with van der Waals surface area (Å²) in [5.74, 6) is 0. The van der Waals surface area contributed by atoms with E-state index in [4.69, 9.17) is 0 Å². The number of alkyl halides is 3. The molecule has 1 fully saturated rings. The Morgan fingerprint density at radius 3 is 2.92 bits per heavy atom. The number of hydrogen-bond donors (Lipinski definition) is 1. The van der Waals surface area contributed by atoms with Crippen molar-refractivity contribution in [3.8, 4) is 0 Å². The minimum absolute atomic E-state index is 0.000867. The van der Waals surface area contributed by atoms with E-state index in [1.807, 2.05) is 11.0 Å². The van der Waals surface area contributed by atoms with Crippen LogP contribution < -0.4 is 15.7 Å². The number of likely N-dealkylation sites (tertiary alicyclic amines) is 1. The van der Waals surface area contributed by atoms with Crippen LogP contribution in [0.15, 0.2) is 22.4 Å². The Labute approximate surface area is 148 Å². The minimum atomic E-state index is -4.14. The highest BCUT2D eigenvalue weighted by atomic mass is 19.4. The topological polar surface area (TPSA) is 64.3 Å². The van der Waals surface area contributed by atoms with Crippen molar-refractivity contribution in [2.24, 2.45) is 9.98 Å². The summed E-state index contributed by atoms with van der Waals surface area (Å²) in [6.07, 6.45) is -0.189. The zero-order valence-corrected chi connectivity index (χ0v) is 14.3. The van der Waals surface area contributed by atoms with Gasteiger partial charge in [-0.3, -0.25) is 4.99 Å². The Morgan fingerprint density at radius 1 is 1.38 bits per heavy atom. The first-order valence-electron chi connectivity index (χ1n) is 8.70. The summed E-state index contributed by atoms with van der Waals surface area (Å²) in [4.78, 5) is 17.0. The van der Waals surface area contributed by atoms with Crippen LogP contribution in [0.25, 0.3) is 6.08 Å². The monoisotopic (exact) mass is 367 g/mol. The van der Waals surface area contributed by atoms with Crippen molar-refractivity contribution in [3.63, 3.8) is 0 Å². The molecule has 4 rings (SSSR count). The molecule has 1 aromatic rings. The molecule has 26 heavy (non-hydrogen) atoms. The van der Waals surface area contributed by atoms with Crippen LogP contribution in [0, 0.1) is 0 Å². The third-order valence-corrected chi connectivity index (χ3v) is 5.08. The summed E-state index contributed by atoms with van der Waals surface area (Å²) in [5.41, 5.74) is 2.35. The van der Waals surface area contributed by atoms with Gasteiger partial charge in [0.15, 0.2) is 5.49 Å². The second-order valence-corrected chi connectivity index (χ2v) is 6.97. The average molecular weight is 367 g/mol. The predicted octanol–water partition coefficient (Wildman–Crippen LogP) is 0.859. The number of nitrogens with zero attached hydrogens (tertiary/aromatic N) is 5. The highest BCUT2D eigenvalue weighted by Gasteiger charge is 2.40. The Bertz CT molecular complexity index is 851. The van der Waals surface area contributed by atoms with Crippen LogP contribution in [-0.2, 0) is 0 Å². The Kier molecular flexibility index (Phi) is 4.23. The van der Waals surface area contributed by atoms with Gasteiger partial charge < -0.3 is 14.9 Å². The van der Waals surface area contributed by atoms with E-state index in [0.717, 1.165) is 17.7 Å². The number of rotatable bonds is 4. The van der Waals surface area contributed by atoms with Crippen molar-refractivity contribution in [1.29, 1.82) is 0 Å². The molecule has 6 nitrogen and oxygen atoms in total. The highest BCUT2D eigenvalue weighted by molar-refractivity contribution is 5.70. The molecular weight excluding hydrogens is 347 g/mol. The number of aliphatic hydroxyl groups is 1. The van der Waals surface area contributed by atoms with Gasteiger partial charge in [-0.2, -0.15) is 13.2 Å². The van der Waals surface area contributed by atoms with Crippen LogP contribution >= 0.6 is 0 Å². The lowest BCUT2D eigenvalue weighted by atomic mass is 10.1. The van der Waals surface area contributed by atoms with E-state index in [2.05, 4.69) is 19.9 Å². The number of anilines is 1. The van der Waals surface area contributed by atoms with Crippen LogP contribution in [0.3, 0.4) is 0 Å². The summed E-state index contributed by atoms with van der Waals surface area (Å²) in [6, 6.07) is -0.00617. The van der Waals surface area contributed by atoms with Crippen molar-refractivity contribution >= 4 is 11.8 Å². The summed E-state index contributed by atoms with van der Waals surface area (Å²) < 4.78 is 37.5. The number of aliphatic hydroxyl groups excluding tert-OH is 1. The third kappa shape index (κ3) is 3.09. The van der Waals surface area contributed by atoms with Gasteiger partial charge in [-0.1, -0.05) is 0 Å². The van der Waals surface area contributed by atoms with Gasteiger partial charge in [-0.25, -0.2) is 9.98 Å². The van der Waals surface area contributed by atoms with Crippen molar-refractivity contribution in [2.45, 2.75) is 44.3 Å². The number of aromatic nitrogens is 1. The number of halogens is 3. The fourth-order valence-electron chi connectivity index (χ4n) is 3.90. The lowest BCUT2D eigenvalue weighted by Crippen LogP contribution is -2.47. The van der Waals surface area contributed by atoms with E-state index < -0.39 is 24.9 Å². The first-order valence-corrected chi connectivity index (χ1v) is 8.70. The van der Waals surface area contributed by atoms with Crippen LogP contribution in [0.2, 0.25) is 0 Å². The molecule has 0 radical (unpaired) electrons. The lowest BCUT2D eigenvalue weighted by molar-refractivity contribution is -0.137. The molecule has 1 aromatic heterocycles. The molecule has 0 amide bonds. The highest BCUT2D eigenvalue weighted by Crippen LogP contribution is 2.31. The fraction of sp³-hybridized carbons (Fsp3) is 0.588. The molecule has 9 heteroatoms. The van der Waals surface area contributed by atoms with E-state index >= 15 is 0 Å². The molecule has 3 atom stereocenters. The molecule has 0 saturated carbocycles. The van der Waals surface area contributed by atoms with Gasteiger partial charge in [0.1, 0.15) is 11.5 Å². The van der Waals surface area contributed by atoms with E-state index in [9.17, 15) is 18.3 Å². The maximum Gasteiger partial charge on any atom is 0.390 e. The lowest BCUT2D eigenvalue weighted by Gasteiger charge is -2.34. The molecular formula is C17H20F3N5O. The summed E-state index contributed by atoms with van der Waals surface area (Å²) in [5, 5.41) is 10.9. The van der Waals surface area contributed by atoms with Crippen LogP contribution in [0.1, 0.15) is 25.3 Å². The molecule has 4 heterocycles. The quantitative estimate of drug-likeness (QED) is 0.857. The smallest absolute Gasteiger partial charge is 0.389 e. The Hall–Kier alpha value is -2.00. The van der Waals surface area contributed by atoms with Crippen LogP contribution in [-0.4, -0.2) is 59.1 Å². The first-order chi connectivity index (χ1) is 12.3. The van der Waals surface area contributed by atoms with Crippen LogP contribution in [0.5, 0.6) is 0 Å². The third-order valence-electron chi connectivity index (χ3n) is 5.08. The molecule has 3 aliphatic rings. The van der Waals surface area contributed by atoms with Crippen molar-refractivity contribution in [1.82, 2.24) is 9.88 Å². The van der Waals surface area contributed by atoms with E-state index in [-0.39, 0.29) is 12.6 Å². The average Bonchev–Trinajstić information content (AvgIpc) is 3.28. The molecule has 0 aromatic carbocycles. The van der Waals surface area contributed by atoms with Gasteiger partial charge in [0, 0.05) is 37.4 Å². The minimum Gasteiger partial charge on any atom is -0.389 e. The zero-order valence-electron chi connectivity index (χ0n) is 14.3. The normalized spacial score (nSPS) is 25.8. The SMILES string of the molecule is CC(O)C1N=c2cnc3c(c2N1[C@H]1CCN(CCC(F)(F)F)C1)C=CN=3. The van der Waals surface area contributed by atoms with Gasteiger partial charge in [-0.05, 0) is 19.4 Å². The maximum absolute atomic E-state index is 12.5. The largest absolute Gasteiger partial charge is 0.390 e. The predicted molar refractivity (Wildman–Crippen MR) is 89.0 cm³/mol. The van der Waals surface area contributed by atoms with Gasteiger partial charge >= 0.3 is 6.18 Å².